The van der Waals surface area contributed by atoms with Crippen molar-refractivity contribution in [3.63, 3.8) is 0 Å². The lowest BCUT2D eigenvalue weighted by molar-refractivity contribution is 0.160. The number of fused-ring (bicyclic) bond motifs is 1. The Morgan fingerprint density at radius 3 is 2.95 bits per heavy atom. The van der Waals surface area contributed by atoms with Crippen LogP contribution in [-0.4, -0.2) is 32.7 Å². The molecule has 3 rings (SSSR count). The van der Waals surface area contributed by atoms with E-state index in [2.05, 4.69) is 10.4 Å². The van der Waals surface area contributed by atoms with Gasteiger partial charge in [0.25, 0.3) is 0 Å². The summed E-state index contributed by atoms with van der Waals surface area (Å²) in [5, 5.41) is 2.08. The van der Waals surface area contributed by atoms with Crippen LogP contribution >= 0.6 is 11.6 Å². The number of nitrogens with zero attached hydrogens (tertiary/aromatic N) is 2. The number of benzene rings is 1. The molecule has 0 amide bonds. The van der Waals surface area contributed by atoms with Crippen molar-refractivity contribution in [2.75, 3.05) is 6.01 Å². The van der Waals surface area contributed by atoms with Crippen molar-refractivity contribution in [2.24, 2.45) is 4.99 Å². The molecule has 8 heteroatoms. The highest BCUT2D eigenvalue weighted by Crippen LogP contribution is 2.41. The molecule has 1 unspecified atom stereocenters. The van der Waals surface area contributed by atoms with Gasteiger partial charge in [-0.05, 0) is 11.6 Å². The van der Waals surface area contributed by atoms with Crippen LogP contribution in [0.2, 0.25) is 5.02 Å². The number of rotatable bonds is 2. The van der Waals surface area contributed by atoms with Crippen LogP contribution in [0.4, 0.5) is 8.78 Å². The van der Waals surface area contributed by atoms with Gasteiger partial charge >= 0.3 is 0 Å². The number of nitrogens with one attached hydrogen (secondary N) is 1. The highest BCUT2D eigenvalue weighted by atomic mass is 35.5. The van der Waals surface area contributed by atoms with Gasteiger partial charge in [-0.25, -0.2) is 18.0 Å². The van der Waals surface area contributed by atoms with Gasteiger partial charge in [0.15, 0.2) is 12.2 Å². The Balaban J connectivity index is 1.89. The summed E-state index contributed by atoms with van der Waals surface area (Å²) in [5.41, 5.74) is 3.53. The van der Waals surface area contributed by atoms with E-state index >= 15 is 0 Å². The molecule has 1 N–H and O–H groups in total. The molecule has 1 fully saturated rings. The Kier molecular flexibility index (Phi) is 3.74. The number of hydrogen-bond donors (Lipinski definition) is 1. The lowest BCUT2D eigenvalue weighted by Gasteiger charge is -2.24. The van der Waals surface area contributed by atoms with Crippen LogP contribution < -0.4 is 5.43 Å². The van der Waals surface area contributed by atoms with Gasteiger partial charge in [-0.3, -0.25) is 5.43 Å². The fourth-order valence-electron chi connectivity index (χ4n) is 2.54. The molecular weight excluding hydrogens is 308 g/mol. The molecule has 0 saturated carbocycles. The van der Waals surface area contributed by atoms with Crippen LogP contribution in [0.15, 0.2) is 29.3 Å². The van der Waals surface area contributed by atoms with E-state index in [-0.39, 0.29) is 17.6 Å². The van der Waals surface area contributed by atoms with Crippen LogP contribution in [-0.2, 0) is 10.8 Å². The molecule has 4 atom stereocenters. The van der Waals surface area contributed by atoms with E-state index < -0.39 is 29.1 Å². The molecule has 108 valence electrons. The van der Waals surface area contributed by atoms with Crippen molar-refractivity contribution in [3.05, 3.63) is 34.9 Å². The molecule has 0 aliphatic carbocycles. The van der Waals surface area contributed by atoms with E-state index in [4.69, 9.17) is 11.6 Å². The van der Waals surface area contributed by atoms with Gasteiger partial charge in [0.1, 0.15) is 17.0 Å². The van der Waals surface area contributed by atoms with Crippen molar-refractivity contribution < 1.29 is 13.0 Å². The number of alkyl halides is 2. The summed E-state index contributed by atoms with van der Waals surface area (Å²) in [7, 11) is -1.87. The molecule has 4 nitrogen and oxygen atoms in total. The first-order valence-corrected chi connectivity index (χ1v) is 7.77. The SMILES string of the molecule is O=[S@@](CF)C1=NC2[C@@H](F)C[C@@H](c3ccccc3Cl)N2N1. The van der Waals surface area contributed by atoms with Crippen LogP contribution in [0.25, 0.3) is 0 Å². The van der Waals surface area contributed by atoms with E-state index in [1.54, 1.807) is 17.1 Å². The average molecular weight is 320 g/mol. The number of aliphatic imine (C=N–C) groups is 1. The van der Waals surface area contributed by atoms with Gasteiger partial charge in [-0.2, -0.15) is 5.01 Å². The van der Waals surface area contributed by atoms with Crippen LogP contribution in [0.1, 0.15) is 18.0 Å². The molecule has 2 aliphatic heterocycles. The molecule has 0 spiro atoms. The van der Waals surface area contributed by atoms with E-state index in [0.717, 1.165) is 5.56 Å². The lowest BCUT2D eigenvalue weighted by Crippen LogP contribution is -2.41. The second kappa shape index (κ2) is 5.38. The van der Waals surface area contributed by atoms with Crippen LogP contribution in [0.3, 0.4) is 0 Å². The number of amidine groups is 1. The van der Waals surface area contributed by atoms with Crippen molar-refractivity contribution in [1.82, 2.24) is 10.4 Å². The first-order chi connectivity index (χ1) is 9.61. The maximum absolute atomic E-state index is 14.1. The predicted molar refractivity (Wildman–Crippen MR) is 74.0 cm³/mol. The topological polar surface area (TPSA) is 44.7 Å². The van der Waals surface area contributed by atoms with E-state index in [0.29, 0.717) is 5.02 Å². The smallest absolute Gasteiger partial charge is 0.206 e. The molecule has 1 saturated heterocycles. The summed E-state index contributed by atoms with van der Waals surface area (Å²) < 4.78 is 37.9. The third-order valence-electron chi connectivity index (χ3n) is 3.45. The quantitative estimate of drug-likeness (QED) is 0.910. The lowest BCUT2D eigenvalue weighted by atomic mass is 10.0. The summed E-state index contributed by atoms with van der Waals surface area (Å²) in [5.74, 6) is 0. The normalized spacial score (nSPS) is 30.8. The van der Waals surface area contributed by atoms with Crippen LogP contribution in [0, 0.1) is 0 Å². The van der Waals surface area contributed by atoms with Crippen molar-refractivity contribution >= 4 is 27.6 Å². The van der Waals surface area contributed by atoms with Gasteiger partial charge in [0.05, 0.1) is 6.04 Å². The summed E-state index contributed by atoms with van der Waals surface area (Å²) in [6, 6.07) is 5.80. The Hall–Kier alpha value is -1.05. The predicted octanol–water partition coefficient (Wildman–Crippen LogP) is 2.30. The first kappa shape index (κ1) is 13.9. The monoisotopic (exact) mass is 319 g/mol. The van der Waals surface area contributed by atoms with Crippen molar-refractivity contribution in [3.8, 4) is 0 Å². The zero-order valence-electron chi connectivity index (χ0n) is 10.3. The van der Waals surface area contributed by atoms with E-state index in [9.17, 15) is 13.0 Å². The summed E-state index contributed by atoms with van der Waals surface area (Å²) in [4.78, 5) is 3.98. The Bertz CT molecular complexity index is 586. The van der Waals surface area contributed by atoms with Gasteiger partial charge in [0.2, 0.25) is 5.17 Å². The van der Waals surface area contributed by atoms with Gasteiger partial charge in [0, 0.05) is 11.4 Å². The minimum Gasteiger partial charge on any atom is -0.293 e. The highest BCUT2D eigenvalue weighted by molar-refractivity contribution is 8.00. The zero-order valence-corrected chi connectivity index (χ0v) is 11.9. The standard InChI is InChI=1S/C12H12ClF2N3OS/c13-8-4-2-1-3-7(8)10-5-9(15)11-16-12(17-18(10)11)20(19)6-14/h1-4,9-11H,5-6H2,(H,16,17)/t9-,10-,11?,20-/m0/s1. The summed E-state index contributed by atoms with van der Waals surface area (Å²) >= 11 is 6.13. The largest absolute Gasteiger partial charge is 0.293 e. The third-order valence-corrected chi connectivity index (χ3v) is 4.62. The molecule has 0 bridgehead atoms. The fourth-order valence-corrected chi connectivity index (χ4v) is 3.34. The number of halogens is 3. The van der Waals surface area contributed by atoms with Crippen molar-refractivity contribution in [1.29, 1.82) is 0 Å². The third kappa shape index (κ3) is 2.23. The van der Waals surface area contributed by atoms with Gasteiger partial charge in [-0.15, -0.1) is 0 Å². The Morgan fingerprint density at radius 1 is 1.50 bits per heavy atom. The minimum atomic E-state index is -1.87. The fraction of sp³-hybridized carbons (Fsp3) is 0.417. The second-order valence-electron chi connectivity index (χ2n) is 4.61. The maximum Gasteiger partial charge on any atom is 0.206 e. The van der Waals surface area contributed by atoms with Gasteiger partial charge in [-0.1, -0.05) is 29.8 Å². The molecule has 2 aliphatic rings. The molecule has 0 radical (unpaired) electrons. The molecular formula is C12H12ClF2N3OS. The van der Waals surface area contributed by atoms with Gasteiger partial charge < -0.3 is 0 Å². The second-order valence-corrected chi connectivity index (χ2v) is 6.31. The maximum atomic E-state index is 14.1. The molecule has 20 heavy (non-hydrogen) atoms. The number of hydrogen-bond acceptors (Lipinski definition) is 4. The molecule has 1 aromatic rings. The molecule has 2 heterocycles. The van der Waals surface area contributed by atoms with Crippen molar-refractivity contribution in [2.45, 2.75) is 24.8 Å². The highest BCUT2D eigenvalue weighted by Gasteiger charge is 2.47. The van der Waals surface area contributed by atoms with E-state index in [1.165, 1.54) is 0 Å². The Labute approximate surface area is 122 Å². The first-order valence-electron chi connectivity index (χ1n) is 6.07. The molecule has 0 aromatic heterocycles. The summed E-state index contributed by atoms with van der Waals surface area (Å²) in [6.07, 6.45) is -1.75. The summed E-state index contributed by atoms with van der Waals surface area (Å²) in [6.45, 7) is 0. The van der Waals surface area contributed by atoms with Crippen LogP contribution in [0.5, 0.6) is 0 Å². The molecule has 1 aromatic carbocycles. The van der Waals surface area contributed by atoms with E-state index in [1.807, 2.05) is 12.1 Å². The minimum absolute atomic E-state index is 0.0168. The Morgan fingerprint density at radius 2 is 2.25 bits per heavy atom. The zero-order chi connectivity index (χ0) is 14.3. The average Bonchev–Trinajstić information content (AvgIpc) is 3.00. The number of hydrazine groups is 1.